The molecular formula is C19H40N2. The Labute approximate surface area is 133 Å². The quantitative estimate of drug-likeness (QED) is 0.721. The fourth-order valence-corrected chi connectivity index (χ4v) is 4.07. The van der Waals surface area contributed by atoms with Crippen molar-refractivity contribution in [3.05, 3.63) is 0 Å². The first-order valence-corrected chi connectivity index (χ1v) is 9.24. The van der Waals surface area contributed by atoms with E-state index in [1.807, 2.05) is 0 Å². The van der Waals surface area contributed by atoms with Crippen LogP contribution < -0.4 is 5.73 Å². The van der Waals surface area contributed by atoms with Gasteiger partial charge in [0.25, 0.3) is 0 Å². The van der Waals surface area contributed by atoms with Gasteiger partial charge >= 0.3 is 0 Å². The maximum absolute atomic E-state index is 6.31. The van der Waals surface area contributed by atoms with Crippen molar-refractivity contribution < 1.29 is 0 Å². The minimum atomic E-state index is 0.262. The van der Waals surface area contributed by atoms with Crippen LogP contribution >= 0.6 is 0 Å². The molecule has 1 saturated carbocycles. The van der Waals surface area contributed by atoms with Crippen LogP contribution in [0.1, 0.15) is 80.1 Å². The molecule has 1 aliphatic rings. The summed E-state index contributed by atoms with van der Waals surface area (Å²) in [5.74, 6) is 1.63. The highest BCUT2D eigenvalue weighted by Gasteiger charge is 2.39. The topological polar surface area (TPSA) is 29.3 Å². The Balaban J connectivity index is 2.83. The molecule has 0 aromatic heterocycles. The van der Waals surface area contributed by atoms with E-state index in [2.05, 4.69) is 46.4 Å². The zero-order valence-corrected chi connectivity index (χ0v) is 15.5. The van der Waals surface area contributed by atoms with E-state index < -0.39 is 0 Å². The summed E-state index contributed by atoms with van der Waals surface area (Å²) in [7, 11) is 0. The lowest BCUT2D eigenvalue weighted by atomic mass is 9.76. The predicted octanol–water partition coefficient (Wildman–Crippen LogP) is 4.68. The maximum atomic E-state index is 6.31. The van der Waals surface area contributed by atoms with E-state index >= 15 is 0 Å². The Morgan fingerprint density at radius 3 is 2.33 bits per heavy atom. The zero-order valence-electron chi connectivity index (χ0n) is 15.5. The number of hydrogen-bond acceptors (Lipinski definition) is 2. The Hall–Kier alpha value is -0.0800. The maximum Gasteiger partial charge on any atom is 0.0331 e. The zero-order chi connectivity index (χ0) is 16.1. The molecule has 0 amide bonds. The number of rotatable bonds is 6. The molecule has 1 rings (SSSR count). The molecule has 0 radical (unpaired) electrons. The van der Waals surface area contributed by atoms with Gasteiger partial charge in [0.05, 0.1) is 0 Å². The molecule has 2 N–H and O–H groups in total. The van der Waals surface area contributed by atoms with E-state index in [1.165, 1.54) is 45.1 Å². The Morgan fingerprint density at radius 1 is 1.19 bits per heavy atom. The van der Waals surface area contributed by atoms with E-state index in [4.69, 9.17) is 5.73 Å². The lowest BCUT2D eigenvalue weighted by Crippen LogP contribution is -2.54. The van der Waals surface area contributed by atoms with Gasteiger partial charge in [-0.25, -0.2) is 0 Å². The Bertz CT molecular complexity index is 294. The van der Waals surface area contributed by atoms with Crippen molar-refractivity contribution in [3.63, 3.8) is 0 Å². The predicted molar refractivity (Wildman–Crippen MR) is 94.5 cm³/mol. The smallest absolute Gasteiger partial charge is 0.0331 e. The first kappa shape index (κ1) is 19.0. The second-order valence-electron chi connectivity index (χ2n) is 8.47. The molecule has 0 bridgehead atoms. The summed E-state index contributed by atoms with van der Waals surface area (Å²) in [4.78, 5) is 2.71. The Kier molecular flexibility index (Phi) is 7.19. The molecule has 3 unspecified atom stereocenters. The van der Waals surface area contributed by atoms with Crippen molar-refractivity contribution in [3.8, 4) is 0 Å². The van der Waals surface area contributed by atoms with Crippen molar-refractivity contribution >= 4 is 0 Å². The molecule has 0 aromatic rings. The average Bonchev–Trinajstić information content (AvgIpc) is 2.67. The standard InChI is InChI=1S/C19H40N2/c1-7-16(3)14-21(8-2)19(15-20)12-9-10-17(11-13-19)18(4,5)6/h16-17H,7-15,20H2,1-6H3. The molecule has 0 aliphatic heterocycles. The van der Waals surface area contributed by atoms with Crippen LogP contribution in [0.15, 0.2) is 0 Å². The van der Waals surface area contributed by atoms with Gasteiger partial charge in [-0.2, -0.15) is 0 Å². The van der Waals surface area contributed by atoms with E-state index in [9.17, 15) is 0 Å². The summed E-state index contributed by atoms with van der Waals surface area (Å²) in [6, 6.07) is 0. The van der Waals surface area contributed by atoms with Crippen LogP contribution in [-0.4, -0.2) is 30.1 Å². The van der Waals surface area contributed by atoms with E-state index in [1.54, 1.807) is 0 Å². The molecule has 0 heterocycles. The highest BCUT2D eigenvalue weighted by molar-refractivity contribution is 4.95. The monoisotopic (exact) mass is 296 g/mol. The highest BCUT2D eigenvalue weighted by Crippen LogP contribution is 2.41. The molecule has 2 nitrogen and oxygen atoms in total. The lowest BCUT2D eigenvalue weighted by molar-refractivity contribution is 0.0652. The molecule has 1 aliphatic carbocycles. The molecule has 0 saturated heterocycles. The molecule has 0 spiro atoms. The SMILES string of the molecule is CCC(C)CN(CC)C1(CN)CCCC(C(C)(C)C)CC1. The van der Waals surface area contributed by atoms with Crippen LogP contribution in [0.4, 0.5) is 0 Å². The summed E-state index contributed by atoms with van der Waals surface area (Å²) < 4.78 is 0. The van der Waals surface area contributed by atoms with Gasteiger partial charge < -0.3 is 5.73 Å². The summed E-state index contributed by atoms with van der Waals surface area (Å²) in [6.07, 6.45) is 7.91. The Morgan fingerprint density at radius 2 is 1.86 bits per heavy atom. The van der Waals surface area contributed by atoms with Gasteiger partial charge in [-0.15, -0.1) is 0 Å². The number of likely N-dealkylation sites (N-methyl/N-ethyl adjacent to an activating group) is 1. The minimum Gasteiger partial charge on any atom is -0.329 e. The third-order valence-electron chi connectivity index (χ3n) is 6.04. The van der Waals surface area contributed by atoms with Crippen molar-refractivity contribution in [2.24, 2.45) is 23.0 Å². The molecule has 2 heteroatoms. The molecule has 126 valence electrons. The van der Waals surface area contributed by atoms with E-state index in [-0.39, 0.29) is 5.54 Å². The van der Waals surface area contributed by atoms with Crippen LogP contribution in [0.3, 0.4) is 0 Å². The van der Waals surface area contributed by atoms with Crippen LogP contribution in [0.2, 0.25) is 0 Å². The van der Waals surface area contributed by atoms with Crippen molar-refractivity contribution in [1.29, 1.82) is 0 Å². The highest BCUT2D eigenvalue weighted by atomic mass is 15.2. The van der Waals surface area contributed by atoms with Crippen LogP contribution in [0.25, 0.3) is 0 Å². The third kappa shape index (κ3) is 4.96. The van der Waals surface area contributed by atoms with Crippen molar-refractivity contribution in [1.82, 2.24) is 4.90 Å². The average molecular weight is 297 g/mol. The van der Waals surface area contributed by atoms with Gasteiger partial charge in [-0.1, -0.05) is 54.4 Å². The van der Waals surface area contributed by atoms with Crippen molar-refractivity contribution in [2.45, 2.75) is 85.6 Å². The number of nitrogens with zero attached hydrogens (tertiary/aromatic N) is 1. The largest absolute Gasteiger partial charge is 0.329 e. The molecule has 21 heavy (non-hydrogen) atoms. The van der Waals surface area contributed by atoms with Crippen LogP contribution in [-0.2, 0) is 0 Å². The second-order valence-corrected chi connectivity index (χ2v) is 8.47. The molecule has 3 atom stereocenters. The minimum absolute atomic E-state index is 0.262. The summed E-state index contributed by atoms with van der Waals surface area (Å²) in [6.45, 7) is 17.4. The summed E-state index contributed by atoms with van der Waals surface area (Å²) in [5.41, 5.74) is 7.02. The number of nitrogens with two attached hydrogens (primary N) is 1. The molecular weight excluding hydrogens is 256 g/mol. The van der Waals surface area contributed by atoms with Gasteiger partial charge in [-0.3, -0.25) is 4.90 Å². The van der Waals surface area contributed by atoms with Crippen LogP contribution in [0.5, 0.6) is 0 Å². The lowest BCUT2D eigenvalue weighted by Gasteiger charge is -2.44. The summed E-state index contributed by atoms with van der Waals surface area (Å²) >= 11 is 0. The van der Waals surface area contributed by atoms with Crippen LogP contribution in [0, 0.1) is 17.3 Å². The van der Waals surface area contributed by atoms with Crippen molar-refractivity contribution in [2.75, 3.05) is 19.6 Å². The van der Waals surface area contributed by atoms with Gasteiger partial charge in [0.2, 0.25) is 0 Å². The first-order valence-electron chi connectivity index (χ1n) is 9.24. The van der Waals surface area contributed by atoms with Gasteiger partial charge in [0, 0.05) is 18.6 Å². The fraction of sp³-hybridized carbons (Fsp3) is 1.00. The molecule has 1 fully saturated rings. The third-order valence-corrected chi connectivity index (χ3v) is 6.04. The molecule has 0 aromatic carbocycles. The van der Waals surface area contributed by atoms with Gasteiger partial charge in [-0.05, 0) is 49.5 Å². The van der Waals surface area contributed by atoms with Gasteiger partial charge in [0.15, 0.2) is 0 Å². The normalized spacial score (nSPS) is 29.4. The van der Waals surface area contributed by atoms with Gasteiger partial charge in [0.1, 0.15) is 0 Å². The fourth-order valence-electron chi connectivity index (χ4n) is 4.07. The van der Waals surface area contributed by atoms with E-state index in [0.29, 0.717) is 5.41 Å². The number of hydrogen-bond donors (Lipinski definition) is 1. The summed E-state index contributed by atoms with van der Waals surface area (Å²) in [5, 5.41) is 0. The second kappa shape index (κ2) is 7.97. The first-order chi connectivity index (χ1) is 9.79. The van der Waals surface area contributed by atoms with E-state index in [0.717, 1.165) is 24.9 Å².